The molecule has 0 bridgehead atoms. The number of hydrogen-bond acceptors (Lipinski definition) is 6. The van der Waals surface area contributed by atoms with Crippen LogP contribution in [0.25, 0.3) is 10.2 Å². The molecule has 1 aliphatic rings. The van der Waals surface area contributed by atoms with Gasteiger partial charge in [0.05, 0.1) is 27.7 Å². The molecule has 8 heteroatoms. The Morgan fingerprint density at radius 1 is 1.26 bits per heavy atom. The van der Waals surface area contributed by atoms with Crippen LogP contribution >= 0.6 is 11.3 Å². The number of nitro benzene ring substituents is 1. The highest BCUT2D eigenvalue weighted by Gasteiger charge is 2.30. The van der Waals surface area contributed by atoms with E-state index in [2.05, 4.69) is 16.3 Å². The molecule has 1 N–H and O–H groups in total. The third kappa shape index (κ3) is 3.67. The molecule has 3 aromatic rings. The Morgan fingerprint density at radius 3 is 2.85 bits per heavy atom. The SMILES string of the molecule is O=C(CN1CCCC1c1nc2ccccc2s1)Nc1ccccc1[N+](=O)[O-]. The number of aromatic nitrogens is 1. The van der Waals surface area contributed by atoms with Crippen molar-refractivity contribution in [1.82, 2.24) is 9.88 Å². The Balaban J connectivity index is 1.48. The van der Waals surface area contributed by atoms with E-state index in [0.717, 1.165) is 34.6 Å². The fourth-order valence-corrected chi connectivity index (χ4v) is 4.58. The van der Waals surface area contributed by atoms with Gasteiger partial charge >= 0.3 is 0 Å². The van der Waals surface area contributed by atoms with Gasteiger partial charge < -0.3 is 5.32 Å². The molecular formula is C19H18N4O3S. The molecule has 0 saturated carbocycles. The lowest BCUT2D eigenvalue weighted by molar-refractivity contribution is -0.383. The molecule has 1 aliphatic heterocycles. The predicted octanol–water partition coefficient (Wildman–Crippen LogP) is 3.98. The third-order valence-corrected chi connectivity index (χ3v) is 5.82. The van der Waals surface area contributed by atoms with Crippen LogP contribution in [0.4, 0.5) is 11.4 Å². The number of nitrogens with one attached hydrogen (secondary N) is 1. The van der Waals surface area contributed by atoms with Crippen molar-refractivity contribution in [3.8, 4) is 0 Å². The number of anilines is 1. The van der Waals surface area contributed by atoms with E-state index in [1.165, 1.54) is 6.07 Å². The molecule has 2 aromatic carbocycles. The Hall–Kier alpha value is -2.84. The molecule has 1 saturated heterocycles. The van der Waals surface area contributed by atoms with Crippen LogP contribution in [0.3, 0.4) is 0 Å². The zero-order valence-electron chi connectivity index (χ0n) is 14.5. The highest BCUT2D eigenvalue weighted by Crippen LogP contribution is 2.36. The number of rotatable bonds is 5. The molecular weight excluding hydrogens is 364 g/mol. The van der Waals surface area contributed by atoms with Gasteiger partial charge in [-0.25, -0.2) is 4.98 Å². The van der Waals surface area contributed by atoms with Crippen molar-refractivity contribution in [2.75, 3.05) is 18.4 Å². The quantitative estimate of drug-likeness (QED) is 0.533. The summed E-state index contributed by atoms with van der Waals surface area (Å²) in [5, 5.41) is 14.8. The van der Waals surface area contributed by atoms with E-state index < -0.39 is 4.92 Å². The fourth-order valence-electron chi connectivity index (χ4n) is 3.44. The largest absolute Gasteiger partial charge is 0.319 e. The van der Waals surface area contributed by atoms with Gasteiger partial charge in [-0.05, 0) is 37.6 Å². The summed E-state index contributed by atoms with van der Waals surface area (Å²) >= 11 is 1.66. The fraction of sp³-hybridized carbons (Fsp3) is 0.263. The molecule has 138 valence electrons. The van der Waals surface area contributed by atoms with E-state index in [4.69, 9.17) is 4.98 Å². The van der Waals surface area contributed by atoms with Crippen LogP contribution in [-0.2, 0) is 4.79 Å². The molecule has 27 heavy (non-hydrogen) atoms. The number of nitrogens with zero attached hydrogens (tertiary/aromatic N) is 3. The first kappa shape index (κ1) is 17.6. The lowest BCUT2D eigenvalue weighted by Gasteiger charge is -2.22. The third-order valence-electron chi connectivity index (χ3n) is 4.68. The molecule has 7 nitrogen and oxygen atoms in total. The first-order valence-electron chi connectivity index (χ1n) is 8.74. The summed E-state index contributed by atoms with van der Waals surface area (Å²) < 4.78 is 1.14. The molecule has 0 spiro atoms. The predicted molar refractivity (Wildman–Crippen MR) is 105 cm³/mol. The number of amides is 1. The highest BCUT2D eigenvalue weighted by molar-refractivity contribution is 7.18. The van der Waals surface area contributed by atoms with Crippen molar-refractivity contribution in [3.63, 3.8) is 0 Å². The lowest BCUT2D eigenvalue weighted by atomic mass is 10.2. The van der Waals surface area contributed by atoms with Gasteiger partial charge in [-0.2, -0.15) is 0 Å². The standard InChI is InChI=1S/C19H18N4O3S/c24-18(20-13-6-1-3-8-15(13)23(25)26)12-22-11-5-9-16(22)19-21-14-7-2-4-10-17(14)27-19/h1-4,6-8,10,16H,5,9,11-12H2,(H,20,24). The van der Waals surface area contributed by atoms with E-state index in [1.54, 1.807) is 29.5 Å². The van der Waals surface area contributed by atoms with Crippen LogP contribution in [0, 0.1) is 10.1 Å². The molecule has 1 fully saturated rings. The number of fused-ring (bicyclic) bond motifs is 1. The summed E-state index contributed by atoms with van der Waals surface area (Å²) in [6.45, 7) is 0.998. The number of likely N-dealkylation sites (tertiary alicyclic amines) is 1. The Bertz CT molecular complexity index is 970. The first-order valence-corrected chi connectivity index (χ1v) is 9.56. The average molecular weight is 382 g/mol. The lowest BCUT2D eigenvalue weighted by Crippen LogP contribution is -2.33. The zero-order valence-corrected chi connectivity index (χ0v) is 15.3. The Labute approximate surface area is 159 Å². The van der Waals surface area contributed by atoms with Gasteiger partial charge in [0.1, 0.15) is 10.7 Å². The number of thiazole rings is 1. The minimum atomic E-state index is -0.491. The summed E-state index contributed by atoms with van der Waals surface area (Å²) in [7, 11) is 0. The smallest absolute Gasteiger partial charge is 0.292 e. The average Bonchev–Trinajstić information content (AvgIpc) is 3.28. The van der Waals surface area contributed by atoms with Crippen LogP contribution in [0.5, 0.6) is 0 Å². The Morgan fingerprint density at radius 2 is 2.04 bits per heavy atom. The molecule has 0 aliphatic carbocycles. The highest BCUT2D eigenvalue weighted by atomic mass is 32.1. The van der Waals surface area contributed by atoms with Crippen LogP contribution < -0.4 is 5.32 Å². The normalized spacial score (nSPS) is 17.3. The van der Waals surface area contributed by atoms with Gasteiger partial charge in [0.2, 0.25) is 5.91 Å². The molecule has 2 heterocycles. The molecule has 1 amide bonds. The number of benzene rings is 2. The van der Waals surface area contributed by atoms with Gasteiger partial charge in [0, 0.05) is 6.07 Å². The number of carbonyl (C=O) groups excluding carboxylic acids is 1. The van der Waals surface area contributed by atoms with Crippen LogP contribution in [0.2, 0.25) is 0 Å². The number of carbonyl (C=O) groups is 1. The Kier molecular flexibility index (Phi) is 4.83. The van der Waals surface area contributed by atoms with Gasteiger partial charge in [0.15, 0.2) is 0 Å². The number of hydrogen-bond donors (Lipinski definition) is 1. The monoisotopic (exact) mass is 382 g/mol. The zero-order chi connectivity index (χ0) is 18.8. The number of nitro groups is 1. The molecule has 0 radical (unpaired) electrons. The summed E-state index contributed by atoms with van der Waals surface area (Å²) in [6, 6.07) is 14.3. The van der Waals surface area contributed by atoms with Crippen molar-refractivity contribution in [2.45, 2.75) is 18.9 Å². The van der Waals surface area contributed by atoms with E-state index in [0.29, 0.717) is 0 Å². The van der Waals surface area contributed by atoms with E-state index in [-0.39, 0.29) is 29.9 Å². The van der Waals surface area contributed by atoms with Crippen molar-refractivity contribution < 1.29 is 9.72 Å². The van der Waals surface area contributed by atoms with Crippen LogP contribution in [0.15, 0.2) is 48.5 Å². The maximum atomic E-state index is 12.5. The van der Waals surface area contributed by atoms with Crippen molar-refractivity contribution in [2.24, 2.45) is 0 Å². The molecule has 1 aromatic heterocycles. The van der Waals surface area contributed by atoms with E-state index in [9.17, 15) is 14.9 Å². The summed E-state index contributed by atoms with van der Waals surface area (Å²) in [5.74, 6) is -0.252. The molecule has 4 rings (SSSR count). The van der Waals surface area contributed by atoms with Crippen molar-refractivity contribution in [1.29, 1.82) is 0 Å². The van der Waals surface area contributed by atoms with Crippen molar-refractivity contribution in [3.05, 3.63) is 63.7 Å². The topological polar surface area (TPSA) is 88.4 Å². The van der Waals surface area contributed by atoms with Gasteiger partial charge in [-0.3, -0.25) is 19.8 Å². The summed E-state index contributed by atoms with van der Waals surface area (Å²) in [5.41, 5.74) is 1.10. The van der Waals surface area contributed by atoms with Gasteiger partial charge in [-0.15, -0.1) is 11.3 Å². The second kappa shape index (κ2) is 7.42. The van der Waals surface area contributed by atoms with Crippen LogP contribution in [-0.4, -0.2) is 33.8 Å². The van der Waals surface area contributed by atoms with E-state index in [1.807, 2.05) is 18.2 Å². The maximum Gasteiger partial charge on any atom is 0.292 e. The number of para-hydroxylation sites is 3. The second-order valence-electron chi connectivity index (χ2n) is 6.47. The molecule has 1 unspecified atom stereocenters. The van der Waals surface area contributed by atoms with Gasteiger partial charge in [0.25, 0.3) is 5.69 Å². The minimum absolute atomic E-state index is 0.102. The summed E-state index contributed by atoms with van der Waals surface area (Å²) in [4.78, 5) is 29.9. The maximum absolute atomic E-state index is 12.5. The molecule has 1 atom stereocenters. The van der Waals surface area contributed by atoms with E-state index >= 15 is 0 Å². The summed E-state index contributed by atoms with van der Waals surface area (Å²) in [6.07, 6.45) is 1.96. The first-order chi connectivity index (χ1) is 13.1. The second-order valence-corrected chi connectivity index (χ2v) is 7.53. The van der Waals surface area contributed by atoms with Gasteiger partial charge in [-0.1, -0.05) is 24.3 Å². The minimum Gasteiger partial charge on any atom is -0.319 e. The van der Waals surface area contributed by atoms with Crippen LogP contribution in [0.1, 0.15) is 23.9 Å². The van der Waals surface area contributed by atoms with Crippen molar-refractivity contribution >= 4 is 38.8 Å².